The van der Waals surface area contributed by atoms with Gasteiger partial charge in [-0.05, 0) is 45.4 Å². The Kier molecular flexibility index (Phi) is 4.30. The Hall–Kier alpha value is -1.91. The number of nitrogens with zero attached hydrogens (tertiary/aromatic N) is 1. The molecule has 1 aliphatic heterocycles. The van der Waals surface area contributed by atoms with E-state index in [0.29, 0.717) is 37.1 Å². The first-order chi connectivity index (χ1) is 9.74. The number of aryl methyl sites for hydroxylation is 1. The molecule has 2 N–H and O–H groups in total. The van der Waals surface area contributed by atoms with Crippen molar-refractivity contribution in [1.29, 1.82) is 0 Å². The van der Waals surface area contributed by atoms with Crippen molar-refractivity contribution < 1.29 is 14.3 Å². The fraction of sp³-hybridized carbons (Fsp3) is 0.562. The molecule has 21 heavy (non-hydrogen) atoms. The van der Waals surface area contributed by atoms with Crippen LogP contribution in [0.4, 0.5) is 10.5 Å². The molecule has 1 heterocycles. The number of hydrogen-bond acceptors (Lipinski definition) is 4. The summed E-state index contributed by atoms with van der Waals surface area (Å²) in [5.41, 5.74) is 7.18. The Morgan fingerprint density at radius 1 is 1.38 bits per heavy atom. The van der Waals surface area contributed by atoms with Crippen molar-refractivity contribution in [2.75, 3.05) is 25.4 Å². The maximum atomic E-state index is 11.8. The van der Waals surface area contributed by atoms with Crippen molar-refractivity contribution in [3.63, 3.8) is 0 Å². The lowest BCUT2D eigenvalue weighted by molar-refractivity contribution is -0.00777. The first-order valence-electron chi connectivity index (χ1n) is 7.21. The van der Waals surface area contributed by atoms with Crippen molar-refractivity contribution >= 4 is 11.8 Å². The summed E-state index contributed by atoms with van der Waals surface area (Å²) in [5.74, 6) is 1.04. The highest BCUT2D eigenvalue weighted by Gasteiger charge is 2.34. The maximum absolute atomic E-state index is 11.8. The number of carbonyl (C=O) groups is 1. The van der Waals surface area contributed by atoms with Crippen molar-refractivity contribution in [3.05, 3.63) is 23.8 Å². The van der Waals surface area contributed by atoms with Crippen LogP contribution < -0.4 is 10.5 Å². The van der Waals surface area contributed by atoms with E-state index >= 15 is 0 Å². The molecule has 0 aliphatic carbocycles. The van der Waals surface area contributed by atoms with E-state index in [9.17, 15) is 4.79 Å². The van der Waals surface area contributed by atoms with E-state index in [4.69, 9.17) is 15.2 Å². The summed E-state index contributed by atoms with van der Waals surface area (Å²) in [7, 11) is 0. The van der Waals surface area contributed by atoms with Gasteiger partial charge in [-0.1, -0.05) is 6.07 Å². The van der Waals surface area contributed by atoms with Crippen LogP contribution >= 0.6 is 0 Å². The Morgan fingerprint density at radius 2 is 2.05 bits per heavy atom. The Morgan fingerprint density at radius 3 is 2.67 bits per heavy atom. The Labute approximate surface area is 126 Å². The summed E-state index contributed by atoms with van der Waals surface area (Å²) in [6.45, 7) is 9.50. The van der Waals surface area contributed by atoms with Gasteiger partial charge in [-0.3, -0.25) is 0 Å². The molecule has 1 saturated heterocycles. The second-order valence-electron chi connectivity index (χ2n) is 6.60. The van der Waals surface area contributed by atoms with Crippen LogP contribution in [0.1, 0.15) is 26.3 Å². The molecule has 1 aromatic carbocycles. The average molecular weight is 292 g/mol. The lowest BCUT2D eigenvalue weighted by Crippen LogP contribution is -2.53. The van der Waals surface area contributed by atoms with Crippen LogP contribution in [0, 0.1) is 12.8 Å². The van der Waals surface area contributed by atoms with Gasteiger partial charge in [0.1, 0.15) is 11.4 Å². The Balaban J connectivity index is 1.76. The third kappa shape index (κ3) is 4.28. The van der Waals surface area contributed by atoms with E-state index in [1.165, 1.54) is 0 Å². The first-order valence-corrected chi connectivity index (χ1v) is 7.21. The number of likely N-dealkylation sites (tertiary alicyclic amines) is 1. The maximum Gasteiger partial charge on any atom is 0.410 e. The zero-order valence-corrected chi connectivity index (χ0v) is 13.2. The molecule has 5 nitrogen and oxygen atoms in total. The van der Waals surface area contributed by atoms with Crippen LogP contribution in [0.2, 0.25) is 0 Å². The molecule has 0 atom stereocenters. The summed E-state index contributed by atoms with van der Waals surface area (Å²) in [6.07, 6.45) is -0.256. The van der Waals surface area contributed by atoms with Gasteiger partial charge in [-0.2, -0.15) is 0 Å². The third-order valence-corrected chi connectivity index (χ3v) is 3.25. The predicted molar refractivity (Wildman–Crippen MR) is 82.4 cm³/mol. The lowest BCUT2D eigenvalue weighted by Gasteiger charge is -2.39. The zero-order valence-electron chi connectivity index (χ0n) is 13.2. The van der Waals surface area contributed by atoms with Gasteiger partial charge in [0.05, 0.1) is 12.3 Å². The average Bonchev–Trinajstić information content (AvgIpc) is 2.29. The second-order valence-corrected chi connectivity index (χ2v) is 6.60. The third-order valence-electron chi connectivity index (χ3n) is 3.25. The molecule has 1 amide bonds. The van der Waals surface area contributed by atoms with Gasteiger partial charge >= 0.3 is 6.09 Å². The molecule has 0 bridgehead atoms. The standard InChI is InChI=1S/C16H24N2O3/c1-11-5-6-13(17)14(7-11)20-10-12-8-18(9-12)15(19)21-16(2,3)4/h5-7,12H,8-10,17H2,1-4H3. The number of hydrogen-bond donors (Lipinski definition) is 1. The van der Waals surface area contributed by atoms with Crippen LogP contribution in [0.3, 0.4) is 0 Å². The fourth-order valence-electron chi connectivity index (χ4n) is 2.13. The molecule has 2 rings (SSSR count). The molecule has 5 heteroatoms. The number of amides is 1. The van der Waals surface area contributed by atoms with Crippen LogP contribution in [-0.4, -0.2) is 36.3 Å². The number of carbonyl (C=O) groups excluding carboxylic acids is 1. The summed E-state index contributed by atoms with van der Waals surface area (Å²) in [6, 6.07) is 5.73. The van der Waals surface area contributed by atoms with E-state index in [0.717, 1.165) is 5.56 Å². The summed E-state index contributed by atoms with van der Waals surface area (Å²) in [5, 5.41) is 0. The first kappa shape index (κ1) is 15.5. The number of ether oxygens (including phenoxy) is 2. The van der Waals surface area contributed by atoms with Crippen LogP contribution in [0.25, 0.3) is 0 Å². The van der Waals surface area contributed by atoms with Crippen molar-refractivity contribution in [2.24, 2.45) is 5.92 Å². The molecular weight excluding hydrogens is 268 g/mol. The van der Waals surface area contributed by atoms with Crippen molar-refractivity contribution in [1.82, 2.24) is 4.90 Å². The minimum atomic E-state index is -0.450. The van der Waals surface area contributed by atoms with Gasteiger partial charge in [0.15, 0.2) is 0 Å². The molecule has 1 aromatic rings. The van der Waals surface area contributed by atoms with E-state index in [1.807, 2.05) is 45.9 Å². The van der Waals surface area contributed by atoms with Gasteiger partial charge in [0.2, 0.25) is 0 Å². The summed E-state index contributed by atoms with van der Waals surface area (Å²) in [4.78, 5) is 13.5. The zero-order chi connectivity index (χ0) is 15.6. The molecular formula is C16H24N2O3. The molecule has 0 radical (unpaired) electrons. The fourth-order valence-corrected chi connectivity index (χ4v) is 2.13. The number of rotatable bonds is 3. The normalized spacial score (nSPS) is 15.5. The monoisotopic (exact) mass is 292 g/mol. The van der Waals surface area contributed by atoms with Gasteiger partial charge < -0.3 is 20.1 Å². The van der Waals surface area contributed by atoms with Crippen molar-refractivity contribution in [2.45, 2.75) is 33.3 Å². The molecule has 1 aliphatic rings. The second kappa shape index (κ2) is 5.84. The van der Waals surface area contributed by atoms with Gasteiger partial charge in [0.25, 0.3) is 0 Å². The van der Waals surface area contributed by atoms with E-state index in [-0.39, 0.29) is 6.09 Å². The SMILES string of the molecule is Cc1ccc(N)c(OCC2CN(C(=O)OC(C)(C)C)C2)c1. The van der Waals surface area contributed by atoms with Crippen LogP contribution in [0.5, 0.6) is 5.75 Å². The molecule has 0 unspecified atom stereocenters. The highest BCUT2D eigenvalue weighted by molar-refractivity contribution is 5.69. The molecule has 0 spiro atoms. The topological polar surface area (TPSA) is 64.8 Å². The quantitative estimate of drug-likeness (QED) is 0.870. The van der Waals surface area contributed by atoms with E-state index in [1.54, 1.807) is 4.90 Å². The highest BCUT2D eigenvalue weighted by atomic mass is 16.6. The number of nitrogens with two attached hydrogens (primary N) is 1. The predicted octanol–water partition coefficient (Wildman–Crippen LogP) is 2.82. The number of benzene rings is 1. The minimum Gasteiger partial charge on any atom is -0.491 e. The minimum absolute atomic E-state index is 0.256. The van der Waals surface area contributed by atoms with Gasteiger partial charge in [-0.25, -0.2) is 4.79 Å². The smallest absolute Gasteiger partial charge is 0.410 e. The molecule has 116 valence electrons. The lowest BCUT2D eigenvalue weighted by atomic mass is 10.0. The van der Waals surface area contributed by atoms with Gasteiger partial charge in [-0.15, -0.1) is 0 Å². The number of anilines is 1. The molecule has 0 aromatic heterocycles. The van der Waals surface area contributed by atoms with Crippen LogP contribution in [0.15, 0.2) is 18.2 Å². The van der Waals surface area contributed by atoms with E-state index < -0.39 is 5.60 Å². The van der Waals surface area contributed by atoms with E-state index in [2.05, 4.69) is 0 Å². The van der Waals surface area contributed by atoms with Gasteiger partial charge in [0, 0.05) is 19.0 Å². The highest BCUT2D eigenvalue weighted by Crippen LogP contribution is 2.25. The Bertz CT molecular complexity index is 517. The number of nitrogen functional groups attached to an aromatic ring is 1. The molecule has 0 saturated carbocycles. The van der Waals surface area contributed by atoms with Crippen molar-refractivity contribution in [3.8, 4) is 5.75 Å². The summed E-state index contributed by atoms with van der Waals surface area (Å²) >= 11 is 0. The van der Waals surface area contributed by atoms with Crippen LogP contribution in [-0.2, 0) is 4.74 Å². The summed E-state index contributed by atoms with van der Waals surface area (Å²) < 4.78 is 11.1. The largest absolute Gasteiger partial charge is 0.491 e. The molecule has 1 fully saturated rings.